The van der Waals surface area contributed by atoms with Gasteiger partial charge in [0.25, 0.3) is 0 Å². The van der Waals surface area contributed by atoms with Gasteiger partial charge in [-0.2, -0.15) is 0 Å². The molecule has 1 aromatic carbocycles. The Morgan fingerprint density at radius 1 is 1.35 bits per heavy atom. The van der Waals surface area contributed by atoms with Gasteiger partial charge in [-0.1, -0.05) is 29.3 Å². The summed E-state index contributed by atoms with van der Waals surface area (Å²) in [6.07, 6.45) is 1.67. The molecule has 4 heteroatoms. The van der Waals surface area contributed by atoms with Crippen molar-refractivity contribution in [1.29, 1.82) is 0 Å². The second-order valence-electron chi connectivity index (χ2n) is 4.23. The van der Waals surface area contributed by atoms with Crippen LogP contribution in [-0.2, 0) is 13.6 Å². The topological polar surface area (TPSA) is 29.9 Å². The Kier molecular flexibility index (Phi) is 3.38. The van der Waals surface area contributed by atoms with E-state index in [1.807, 2.05) is 11.6 Å². The van der Waals surface area contributed by atoms with Gasteiger partial charge in [-0.05, 0) is 25.5 Å². The average Bonchev–Trinajstić information content (AvgIpc) is 2.59. The molecule has 0 spiro atoms. The normalized spacial score (nSPS) is 10.6. The Morgan fingerprint density at radius 3 is 2.71 bits per heavy atom. The predicted molar refractivity (Wildman–Crippen MR) is 71.5 cm³/mol. The third-order valence-corrected chi connectivity index (χ3v) is 3.20. The van der Waals surface area contributed by atoms with E-state index in [2.05, 4.69) is 42.3 Å². The van der Waals surface area contributed by atoms with E-state index < -0.39 is 0 Å². The van der Waals surface area contributed by atoms with Gasteiger partial charge >= 0.3 is 0 Å². The highest BCUT2D eigenvalue weighted by Crippen LogP contribution is 2.17. The van der Waals surface area contributed by atoms with Crippen molar-refractivity contribution < 1.29 is 0 Å². The molecule has 90 valence electrons. The molecular formula is C13H16ClN3. The molecule has 0 atom stereocenters. The number of rotatable bonds is 3. The van der Waals surface area contributed by atoms with E-state index in [-0.39, 0.29) is 0 Å². The maximum absolute atomic E-state index is 5.94. The minimum atomic E-state index is 0.655. The van der Waals surface area contributed by atoms with Crippen molar-refractivity contribution in [2.24, 2.45) is 7.05 Å². The Labute approximate surface area is 106 Å². The van der Waals surface area contributed by atoms with Gasteiger partial charge < -0.3 is 9.88 Å². The molecule has 2 rings (SSSR count). The van der Waals surface area contributed by atoms with Gasteiger partial charge in [-0.25, -0.2) is 4.98 Å². The molecule has 0 amide bonds. The second-order valence-corrected chi connectivity index (χ2v) is 4.62. The summed E-state index contributed by atoms with van der Waals surface area (Å²) in [5.41, 5.74) is 3.65. The van der Waals surface area contributed by atoms with Crippen LogP contribution in [0.25, 0.3) is 0 Å². The minimum Gasteiger partial charge on any atom is -0.378 e. The number of hydrogen-bond acceptors (Lipinski definition) is 2. The predicted octanol–water partition coefficient (Wildman–Crippen LogP) is 3.30. The first-order chi connectivity index (χ1) is 8.08. The second kappa shape index (κ2) is 4.80. The zero-order valence-corrected chi connectivity index (χ0v) is 11.0. The van der Waals surface area contributed by atoms with Gasteiger partial charge in [0.15, 0.2) is 0 Å². The number of imidazole rings is 1. The van der Waals surface area contributed by atoms with Crippen LogP contribution >= 0.6 is 11.6 Å². The number of nitrogens with zero attached hydrogens (tertiary/aromatic N) is 2. The zero-order valence-electron chi connectivity index (χ0n) is 10.3. The first kappa shape index (κ1) is 12.0. The van der Waals surface area contributed by atoms with E-state index in [4.69, 9.17) is 11.6 Å². The molecule has 0 aliphatic heterocycles. The number of aryl methyl sites for hydroxylation is 2. The maximum atomic E-state index is 5.94. The Hall–Kier alpha value is -1.48. The monoisotopic (exact) mass is 249 g/mol. The van der Waals surface area contributed by atoms with Gasteiger partial charge in [0.1, 0.15) is 11.0 Å². The first-order valence-electron chi connectivity index (χ1n) is 5.55. The fourth-order valence-electron chi connectivity index (χ4n) is 1.77. The molecule has 0 aliphatic rings. The van der Waals surface area contributed by atoms with Crippen LogP contribution in [-0.4, -0.2) is 9.55 Å². The van der Waals surface area contributed by atoms with Crippen LogP contribution in [0.2, 0.25) is 5.15 Å². The number of halogens is 1. The van der Waals surface area contributed by atoms with Crippen LogP contribution in [0.15, 0.2) is 24.4 Å². The third-order valence-electron chi connectivity index (χ3n) is 2.85. The lowest BCUT2D eigenvalue weighted by atomic mass is 10.1. The van der Waals surface area contributed by atoms with E-state index in [1.54, 1.807) is 6.20 Å². The Bertz CT molecular complexity index is 531. The molecule has 2 aromatic rings. The van der Waals surface area contributed by atoms with E-state index in [9.17, 15) is 0 Å². The summed E-state index contributed by atoms with van der Waals surface area (Å²) >= 11 is 5.94. The fourth-order valence-corrected chi connectivity index (χ4v) is 1.92. The molecule has 0 saturated carbocycles. The number of nitrogens with one attached hydrogen (secondary N) is 1. The lowest BCUT2D eigenvalue weighted by Crippen LogP contribution is -2.07. The smallest absolute Gasteiger partial charge is 0.128 e. The van der Waals surface area contributed by atoms with Gasteiger partial charge in [0, 0.05) is 12.7 Å². The Morgan fingerprint density at radius 2 is 2.12 bits per heavy atom. The SMILES string of the molecule is Cc1ccc(NCc2ncc(Cl)n2C)c(C)c1. The van der Waals surface area contributed by atoms with Crippen LogP contribution in [0.3, 0.4) is 0 Å². The molecule has 1 N–H and O–H groups in total. The minimum absolute atomic E-state index is 0.655. The van der Waals surface area contributed by atoms with Crippen molar-refractivity contribution in [2.75, 3.05) is 5.32 Å². The Balaban J connectivity index is 2.10. The average molecular weight is 250 g/mol. The van der Waals surface area contributed by atoms with Crippen molar-refractivity contribution in [3.63, 3.8) is 0 Å². The molecule has 0 saturated heterocycles. The van der Waals surface area contributed by atoms with E-state index in [0.29, 0.717) is 11.7 Å². The summed E-state index contributed by atoms with van der Waals surface area (Å²) in [7, 11) is 1.91. The summed E-state index contributed by atoms with van der Waals surface area (Å²) in [5.74, 6) is 0.926. The molecule has 0 radical (unpaired) electrons. The van der Waals surface area contributed by atoms with Crippen LogP contribution in [0.5, 0.6) is 0 Å². The van der Waals surface area contributed by atoms with Crippen molar-refractivity contribution in [3.05, 3.63) is 46.5 Å². The molecule has 0 bridgehead atoms. The molecule has 0 unspecified atom stereocenters. The van der Waals surface area contributed by atoms with Crippen molar-refractivity contribution in [3.8, 4) is 0 Å². The van der Waals surface area contributed by atoms with Gasteiger partial charge in [0.2, 0.25) is 0 Å². The van der Waals surface area contributed by atoms with Crippen LogP contribution < -0.4 is 5.32 Å². The van der Waals surface area contributed by atoms with E-state index >= 15 is 0 Å². The van der Waals surface area contributed by atoms with Crippen LogP contribution in [0, 0.1) is 13.8 Å². The van der Waals surface area contributed by atoms with Crippen molar-refractivity contribution in [1.82, 2.24) is 9.55 Å². The summed E-state index contributed by atoms with van der Waals surface area (Å²) in [6, 6.07) is 6.35. The van der Waals surface area contributed by atoms with Gasteiger partial charge in [0.05, 0.1) is 12.7 Å². The summed E-state index contributed by atoms with van der Waals surface area (Å²) in [6.45, 7) is 4.86. The highest BCUT2D eigenvalue weighted by atomic mass is 35.5. The number of benzene rings is 1. The molecule has 0 fully saturated rings. The maximum Gasteiger partial charge on any atom is 0.128 e. The van der Waals surface area contributed by atoms with Crippen molar-refractivity contribution >= 4 is 17.3 Å². The zero-order chi connectivity index (χ0) is 12.4. The number of aromatic nitrogens is 2. The highest BCUT2D eigenvalue weighted by Gasteiger charge is 2.04. The van der Waals surface area contributed by atoms with E-state index in [0.717, 1.165) is 11.5 Å². The van der Waals surface area contributed by atoms with Crippen LogP contribution in [0.1, 0.15) is 17.0 Å². The third kappa shape index (κ3) is 2.61. The van der Waals surface area contributed by atoms with Crippen molar-refractivity contribution in [2.45, 2.75) is 20.4 Å². The number of anilines is 1. The quantitative estimate of drug-likeness (QED) is 0.905. The summed E-state index contributed by atoms with van der Waals surface area (Å²) in [4.78, 5) is 4.25. The summed E-state index contributed by atoms with van der Waals surface area (Å²) in [5, 5.41) is 4.02. The largest absolute Gasteiger partial charge is 0.378 e. The molecule has 1 heterocycles. The molecule has 1 aromatic heterocycles. The summed E-state index contributed by atoms with van der Waals surface area (Å²) < 4.78 is 1.87. The first-order valence-corrected chi connectivity index (χ1v) is 5.93. The molecule has 3 nitrogen and oxygen atoms in total. The molecular weight excluding hydrogens is 234 g/mol. The lowest BCUT2D eigenvalue weighted by molar-refractivity contribution is 0.813. The van der Waals surface area contributed by atoms with E-state index in [1.165, 1.54) is 11.1 Å². The van der Waals surface area contributed by atoms with Crippen LogP contribution in [0.4, 0.5) is 5.69 Å². The fraction of sp³-hybridized carbons (Fsp3) is 0.308. The van der Waals surface area contributed by atoms with Gasteiger partial charge in [-0.3, -0.25) is 0 Å². The standard InChI is InChI=1S/C13H16ClN3/c1-9-4-5-11(10(2)6-9)15-8-13-16-7-12(14)17(13)3/h4-7,15H,8H2,1-3H3. The lowest BCUT2D eigenvalue weighted by Gasteiger charge is -2.10. The molecule has 0 aliphatic carbocycles. The number of hydrogen-bond donors (Lipinski definition) is 1. The molecule has 17 heavy (non-hydrogen) atoms. The highest BCUT2D eigenvalue weighted by molar-refractivity contribution is 6.29. The van der Waals surface area contributed by atoms with Gasteiger partial charge in [-0.15, -0.1) is 0 Å².